The summed E-state index contributed by atoms with van der Waals surface area (Å²) >= 11 is 0. The molecule has 0 bridgehead atoms. The monoisotopic (exact) mass is 441 g/mol. The number of benzene rings is 2. The standard InChI is InChI=1S/C27H31N5O/c1-30(2)21-9-5-7-18(15-21)27(19-8-6-10-22(16-19)31(3)4)14-13-23-24(17-27)32(20-11-12-20)29-25(23)26(28)33/h5-10,13-16,20H,11-12,17H2,1-4H3,(H2,28,33). The first-order valence-corrected chi connectivity index (χ1v) is 11.5. The lowest BCUT2D eigenvalue weighted by atomic mass is 9.68. The Morgan fingerprint density at radius 1 is 1.00 bits per heavy atom. The van der Waals surface area contributed by atoms with Gasteiger partial charge in [-0.25, -0.2) is 0 Å². The maximum atomic E-state index is 12.2. The number of aromatic nitrogens is 2. The Balaban J connectivity index is 1.74. The van der Waals surface area contributed by atoms with Crippen LogP contribution in [0.15, 0.2) is 54.6 Å². The lowest BCUT2D eigenvalue weighted by Crippen LogP contribution is -2.32. The van der Waals surface area contributed by atoms with Crippen molar-refractivity contribution in [2.45, 2.75) is 30.7 Å². The summed E-state index contributed by atoms with van der Waals surface area (Å²) in [5, 5.41) is 4.67. The van der Waals surface area contributed by atoms with E-state index in [0.29, 0.717) is 11.7 Å². The van der Waals surface area contributed by atoms with Gasteiger partial charge in [0.25, 0.3) is 5.91 Å². The van der Waals surface area contributed by atoms with Gasteiger partial charge in [-0.15, -0.1) is 0 Å². The van der Waals surface area contributed by atoms with Gasteiger partial charge in [0.05, 0.1) is 6.04 Å². The fourth-order valence-corrected chi connectivity index (χ4v) is 4.87. The number of amides is 1. The Kier molecular flexibility index (Phi) is 5.04. The Morgan fingerprint density at radius 2 is 1.58 bits per heavy atom. The third-order valence-corrected chi connectivity index (χ3v) is 6.91. The second kappa shape index (κ2) is 7.80. The minimum Gasteiger partial charge on any atom is -0.378 e. The molecule has 2 N–H and O–H groups in total. The number of nitrogens with two attached hydrogens (primary N) is 1. The third kappa shape index (κ3) is 3.59. The predicted octanol–water partition coefficient (Wildman–Crippen LogP) is 4.00. The van der Waals surface area contributed by atoms with Crippen LogP contribution in [0, 0.1) is 0 Å². The molecular formula is C27H31N5O. The minimum atomic E-state index is -0.466. The van der Waals surface area contributed by atoms with Gasteiger partial charge < -0.3 is 15.5 Å². The van der Waals surface area contributed by atoms with Gasteiger partial charge >= 0.3 is 0 Å². The van der Waals surface area contributed by atoms with Gasteiger partial charge in [-0.2, -0.15) is 5.10 Å². The Hall–Kier alpha value is -3.54. The van der Waals surface area contributed by atoms with Crippen LogP contribution in [0.3, 0.4) is 0 Å². The van der Waals surface area contributed by atoms with Crippen molar-refractivity contribution in [3.63, 3.8) is 0 Å². The zero-order valence-corrected chi connectivity index (χ0v) is 19.7. The van der Waals surface area contributed by atoms with E-state index in [0.717, 1.165) is 41.9 Å². The fraction of sp³-hybridized carbons (Fsp3) is 0.333. The van der Waals surface area contributed by atoms with Gasteiger partial charge in [0.2, 0.25) is 0 Å². The average Bonchev–Trinajstić information content (AvgIpc) is 3.58. The molecule has 0 unspecified atom stereocenters. The smallest absolute Gasteiger partial charge is 0.269 e. The van der Waals surface area contributed by atoms with Crippen molar-refractivity contribution < 1.29 is 4.79 Å². The van der Waals surface area contributed by atoms with Gasteiger partial charge in [0.15, 0.2) is 5.69 Å². The number of fused-ring (bicyclic) bond motifs is 1. The van der Waals surface area contributed by atoms with E-state index in [9.17, 15) is 4.79 Å². The van der Waals surface area contributed by atoms with Crippen molar-refractivity contribution in [3.8, 4) is 0 Å². The number of hydrogen-bond acceptors (Lipinski definition) is 4. The summed E-state index contributed by atoms with van der Waals surface area (Å²) in [6, 6.07) is 17.8. The first-order chi connectivity index (χ1) is 15.8. The number of carbonyl (C=O) groups excluding carboxylic acids is 1. The van der Waals surface area contributed by atoms with Gasteiger partial charge in [0.1, 0.15) is 0 Å². The second-order valence-electron chi connectivity index (χ2n) is 9.62. The number of nitrogens with zero attached hydrogens (tertiary/aromatic N) is 4. The molecule has 1 heterocycles. The predicted molar refractivity (Wildman–Crippen MR) is 134 cm³/mol. The molecule has 2 aliphatic rings. The summed E-state index contributed by atoms with van der Waals surface area (Å²) in [5.41, 5.74) is 12.4. The number of anilines is 2. The lowest BCUT2D eigenvalue weighted by molar-refractivity contribution is 0.0994. The topological polar surface area (TPSA) is 67.4 Å². The van der Waals surface area contributed by atoms with E-state index in [1.165, 1.54) is 11.1 Å². The van der Waals surface area contributed by atoms with E-state index in [1.54, 1.807) is 0 Å². The first-order valence-electron chi connectivity index (χ1n) is 11.5. The molecule has 1 fully saturated rings. The number of primary amides is 1. The molecule has 6 heteroatoms. The molecule has 3 aromatic rings. The van der Waals surface area contributed by atoms with E-state index in [2.05, 4.69) is 108 Å². The van der Waals surface area contributed by atoms with E-state index in [1.807, 2.05) is 0 Å². The van der Waals surface area contributed by atoms with Crippen LogP contribution in [-0.2, 0) is 11.8 Å². The molecule has 33 heavy (non-hydrogen) atoms. The van der Waals surface area contributed by atoms with Crippen LogP contribution >= 0.6 is 0 Å². The van der Waals surface area contributed by atoms with Crippen molar-refractivity contribution in [3.05, 3.63) is 82.7 Å². The highest BCUT2D eigenvalue weighted by atomic mass is 16.1. The van der Waals surface area contributed by atoms with Gasteiger partial charge in [0, 0.05) is 62.7 Å². The van der Waals surface area contributed by atoms with E-state index in [-0.39, 0.29) is 5.41 Å². The van der Waals surface area contributed by atoms with Crippen molar-refractivity contribution in [1.82, 2.24) is 9.78 Å². The summed E-state index contributed by atoms with van der Waals surface area (Å²) < 4.78 is 2.07. The zero-order valence-electron chi connectivity index (χ0n) is 19.7. The minimum absolute atomic E-state index is 0.359. The number of rotatable bonds is 6. The molecule has 0 saturated heterocycles. The molecule has 2 aromatic carbocycles. The fourth-order valence-electron chi connectivity index (χ4n) is 4.87. The summed E-state index contributed by atoms with van der Waals surface area (Å²) in [6.45, 7) is 0. The van der Waals surface area contributed by atoms with Crippen molar-refractivity contribution in [2.24, 2.45) is 5.73 Å². The summed E-state index contributed by atoms with van der Waals surface area (Å²) in [4.78, 5) is 16.4. The van der Waals surface area contributed by atoms with Gasteiger partial charge in [-0.1, -0.05) is 36.4 Å². The van der Waals surface area contributed by atoms with Crippen LogP contribution in [0.25, 0.3) is 6.08 Å². The van der Waals surface area contributed by atoms with E-state index in [4.69, 9.17) is 5.73 Å². The highest BCUT2D eigenvalue weighted by Crippen LogP contribution is 2.46. The van der Waals surface area contributed by atoms with Crippen molar-refractivity contribution >= 4 is 23.4 Å². The average molecular weight is 442 g/mol. The second-order valence-corrected chi connectivity index (χ2v) is 9.62. The molecule has 0 radical (unpaired) electrons. The quantitative estimate of drug-likeness (QED) is 0.628. The normalized spacial score (nSPS) is 16.4. The maximum Gasteiger partial charge on any atom is 0.269 e. The molecule has 170 valence electrons. The summed E-state index contributed by atoms with van der Waals surface area (Å²) in [7, 11) is 8.26. The summed E-state index contributed by atoms with van der Waals surface area (Å²) in [6.07, 6.45) is 7.22. The van der Waals surface area contributed by atoms with Crippen LogP contribution < -0.4 is 15.5 Å². The molecule has 5 rings (SSSR count). The highest BCUT2D eigenvalue weighted by molar-refractivity contribution is 5.95. The first kappa shape index (κ1) is 21.3. The lowest BCUT2D eigenvalue weighted by Gasteiger charge is -2.36. The molecule has 2 aliphatic carbocycles. The SMILES string of the molecule is CN(C)c1cccc(C2(c3cccc(N(C)C)c3)C=Cc3c(C(N)=O)nn(C4CC4)c3C2)c1. The molecule has 1 saturated carbocycles. The molecule has 6 nitrogen and oxygen atoms in total. The molecule has 1 aromatic heterocycles. The molecule has 1 amide bonds. The Morgan fingerprint density at radius 3 is 2.06 bits per heavy atom. The number of allylic oxidation sites excluding steroid dienone is 1. The zero-order chi connectivity index (χ0) is 23.3. The number of hydrogen-bond donors (Lipinski definition) is 1. The van der Waals surface area contributed by atoms with Crippen LogP contribution in [0.2, 0.25) is 0 Å². The molecule has 0 atom stereocenters. The van der Waals surface area contributed by atoms with E-state index < -0.39 is 5.91 Å². The van der Waals surface area contributed by atoms with Gasteiger partial charge in [-0.05, 0) is 48.2 Å². The van der Waals surface area contributed by atoms with Crippen molar-refractivity contribution in [2.75, 3.05) is 38.0 Å². The molecule has 0 aliphatic heterocycles. The largest absolute Gasteiger partial charge is 0.378 e. The van der Waals surface area contributed by atoms with E-state index >= 15 is 0 Å². The highest BCUT2D eigenvalue weighted by Gasteiger charge is 2.40. The molecule has 0 spiro atoms. The Labute approximate surface area is 195 Å². The van der Waals surface area contributed by atoms with Crippen LogP contribution in [0.5, 0.6) is 0 Å². The van der Waals surface area contributed by atoms with Crippen LogP contribution in [0.1, 0.15) is 51.8 Å². The summed E-state index contributed by atoms with van der Waals surface area (Å²) in [5.74, 6) is -0.466. The van der Waals surface area contributed by atoms with Crippen molar-refractivity contribution in [1.29, 1.82) is 0 Å². The Bertz CT molecular complexity index is 1200. The number of carbonyl (C=O) groups is 1. The maximum absolute atomic E-state index is 12.2. The van der Waals surface area contributed by atoms with Crippen LogP contribution in [0.4, 0.5) is 11.4 Å². The molecular weight excluding hydrogens is 410 g/mol. The third-order valence-electron chi connectivity index (χ3n) is 6.91. The van der Waals surface area contributed by atoms with Gasteiger partial charge in [-0.3, -0.25) is 9.48 Å². The van der Waals surface area contributed by atoms with Crippen LogP contribution in [-0.4, -0.2) is 43.9 Å².